The standard InChI is InChI=1S/C58H54O10/c1-31(59)67-53-27-41(68-56(64)18-32-13-14-36-20-40(60)25-43(42(36)17-32)34-10-5-4-6-11-34)26-46-44-29-55(66-3)51(62)23-37(44)21-47-50(61)30-48-45-28-52(63)54(65-2)24-38(45)22-49(53)58(48,57(46)47)39-16-15-33-9-7-8-12-35(33)19-39/h4-17,19-20,23-25,28-29,41,46-50,53,57,60-63H,18,21-22,26-27,30H2,1-3H3. The van der Waals surface area contributed by atoms with Crippen molar-refractivity contribution in [2.75, 3.05) is 14.2 Å². The molecular weight excluding hydrogens is 857 g/mol. The van der Waals surface area contributed by atoms with Crippen LogP contribution in [0.1, 0.15) is 71.4 Å². The molecule has 346 valence electrons. The van der Waals surface area contributed by atoms with E-state index in [0.717, 1.165) is 66.1 Å². The molecule has 0 spiro atoms. The summed E-state index contributed by atoms with van der Waals surface area (Å²) in [5.74, 6) is -1.77. The molecule has 0 aliphatic heterocycles. The van der Waals surface area contributed by atoms with Crippen LogP contribution >= 0.6 is 0 Å². The predicted octanol–water partition coefficient (Wildman–Crippen LogP) is 10.2. The van der Waals surface area contributed by atoms with Gasteiger partial charge in [0.1, 0.15) is 18.0 Å². The predicted molar refractivity (Wildman–Crippen MR) is 258 cm³/mol. The Balaban J connectivity index is 1.08. The second kappa shape index (κ2) is 16.9. The normalized spacial score (nSPS) is 25.8. The summed E-state index contributed by atoms with van der Waals surface area (Å²) in [6.45, 7) is 1.42. The SMILES string of the molecule is COc1cc2c(cc1O)C1CC(O)C3Cc4cc(O)c(OC)cc4C4CC(OC(=O)Cc5ccc6cc(O)cc(-c7ccccc7)c6c5)CC(OC(C)=O)C(C2)C1(c1ccc2ccccc2c1)C43. The van der Waals surface area contributed by atoms with Crippen LogP contribution in [0.4, 0.5) is 0 Å². The zero-order chi connectivity index (χ0) is 47.0. The van der Waals surface area contributed by atoms with Gasteiger partial charge in [0, 0.05) is 24.7 Å². The number of ether oxygens (including phenoxy) is 4. The van der Waals surface area contributed by atoms with Crippen molar-refractivity contribution >= 4 is 33.5 Å². The van der Waals surface area contributed by atoms with Gasteiger partial charge in [-0.3, -0.25) is 9.59 Å². The number of methoxy groups -OCH3 is 2. The fraction of sp³-hybridized carbons (Fsp3) is 0.310. The molecule has 4 N–H and O–H groups in total. The number of fused-ring (bicyclic) bond motifs is 6. The molecule has 0 saturated heterocycles. The van der Waals surface area contributed by atoms with E-state index in [2.05, 4.69) is 30.3 Å². The molecule has 7 aromatic carbocycles. The van der Waals surface area contributed by atoms with Gasteiger partial charge in [0.05, 0.1) is 26.7 Å². The van der Waals surface area contributed by atoms with Crippen molar-refractivity contribution in [1.82, 2.24) is 0 Å². The van der Waals surface area contributed by atoms with Crippen molar-refractivity contribution < 1.29 is 49.0 Å². The van der Waals surface area contributed by atoms with Crippen LogP contribution in [0, 0.1) is 17.8 Å². The zero-order valence-electron chi connectivity index (χ0n) is 38.2. The number of aromatic hydroxyl groups is 3. The number of benzene rings is 7. The lowest BCUT2D eigenvalue weighted by Crippen LogP contribution is -2.65. The highest BCUT2D eigenvalue weighted by Gasteiger charge is 2.67. The largest absolute Gasteiger partial charge is 0.508 e. The Morgan fingerprint density at radius 2 is 1.40 bits per heavy atom. The van der Waals surface area contributed by atoms with E-state index < -0.39 is 41.6 Å². The monoisotopic (exact) mass is 910 g/mol. The molecule has 0 aromatic heterocycles. The fourth-order valence-electron chi connectivity index (χ4n) is 13.5. The number of carbonyl (C=O) groups is 2. The maximum atomic E-state index is 14.5. The van der Waals surface area contributed by atoms with Crippen LogP contribution in [0.3, 0.4) is 0 Å². The molecule has 2 saturated carbocycles. The van der Waals surface area contributed by atoms with Gasteiger partial charge in [0.2, 0.25) is 0 Å². The molecule has 4 aliphatic rings. The average molecular weight is 911 g/mol. The summed E-state index contributed by atoms with van der Waals surface area (Å²) < 4.78 is 24.7. The van der Waals surface area contributed by atoms with Crippen molar-refractivity contribution in [1.29, 1.82) is 0 Å². The van der Waals surface area contributed by atoms with Crippen LogP contribution in [0.2, 0.25) is 0 Å². The fourth-order valence-corrected chi connectivity index (χ4v) is 13.5. The number of rotatable bonds is 8. The molecule has 10 nitrogen and oxygen atoms in total. The Labute approximate surface area is 394 Å². The molecule has 0 radical (unpaired) electrons. The molecule has 0 amide bonds. The number of hydrogen-bond acceptors (Lipinski definition) is 10. The first-order valence-electron chi connectivity index (χ1n) is 23.6. The molecule has 7 aromatic rings. The van der Waals surface area contributed by atoms with Crippen LogP contribution in [0.5, 0.6) is 28.7 Å². The molecule has 9 atom stereocenters. The van der Waals surface area contributed by atoms with Crippen LogP contribution in [0.15, 0.2) is 127 Å². The third-order valence-corrected chi connectivity index (χ3v) is 15.9. The molecule has 0 heterocycles. The van der Waals surface area contributed by atoms with E-state index in [9.17, 15) is 30.0 Å². The minimum Gasteiger partial charge on any atom is -0.508 e. The van der Waals surface area contributed by atoms with Gasteiger partial charge in [-0.2, -0.15) is 0 Å². The third kappa shape index (κ3) is 7.19. The van der Waals surface area contributed by atoms with Gasteiger partial charge < -0.3 is 39.4 Å². The summed E-state index contributed by atoms with van der Waals surface area (Å²) in [6.07, 6.45) is -0.461. The summed E-state index contributed by atoms with van der Waals surface area (Å²) in [5, 5.41) is 49.9. The van der Waals surface area contributed by atoms with Crippen molar-refractivity contribution in [3.8, 4) is 39.9 Å². The van der Waals surface area contributed by atoms with E-state index in [1.165, 1.54) is 21.1 Å². The van der Waals surface area contributed by atoms with E-state index >= 15 is 0 Å². The van der Waals surface area contributed by atoms with E-state index in [1.54, 1.807) is 24.3 Å². The van der Waals surface area contributed by atoms with Crippen LogP contribution in [-0.4, -0.2) is 64.9 Å². The molecule has 2 fully saturated rings. The quantitative estimate of drug-likeness (QED) is 0.108. The molecule has 11 rings (SSSR count). The summed E-state index contributed by atoms with van der Waals surface area (Å²) in [5.41, 5.74) is 6.49. The highest BCUT2D eigenvalue weighted by Crippen LogP contribution is 2.69. The zero-order valence-corrected chi connectivity index (χ0v) is 38.2. The third-order valence-electron chi connectivity index (χ3n) is 15.9. The number of phenolic OH excluding ortho intramolecular Hbond substituents is 3. The van der Waals surface area contributed by atoms with Gasteiger partial charge in [-0.25, -0.2) is 0 Å². The smallest absolute Gasteiger partial charge is 0.310 e. The molecule has 10 heteroatoms. The molecule has 68 heavy (non-hydrogen) atoms. The maximum Gasteiger partial charge on any atom is 0.310 e. The number of esters is 2. The first kappa shape index (κ1) is 43.5. The average Bonchev–Trinajstić information content (AvgIpc) is 3.32. The Morgan fingerprint density at radius 3 is 2.18 bits per heavy atom. The van der Waals surface area contributed by atoms with Crippen molar-refractivity contribution in [2.45, 2.75) is 81.0 Å². The van der Waals surface area contributed by atoms with Gasteiger partial charge in [-0.05, 0) is 158 Å². The molecule has 4 aliphatic carbocycles. The highest BCUT2D eigenvalue weighted by molar-refractivity contribution is 5.98. The Kier molecular flexibility index (Phi) is 10.8. The van der Waals surface area contributed by atoms with E-state index in [0.29, 0.717) is 37.2 Å². The lowest BCUT2D eigenvalue weighted by Gasteiger charge is -2.66. The van der Waals surface area contributed by atoms with Gasteiger partial charge >= 0.3 is 11.9 Å². The lowest BCUT2D eigenvalue weighted by atomic mass is 9.38. The molecular formula is C58H54O10. The van der Waals surface area contributed by atoms with Crippen molar-refractivity contribution in [3.63, 3.8) is 0 Å². The number of phenols is 3. The Hall–Kier alpha value is -7.04. The second-order valence-corrected chi connectivity index (χ2v) is 19.4. The molecule has 0 bridgehead atoms. The Morgan fingerprint density at radius 1 is 0.676 bits per heavy atom. The maximum absolute atomic E-state index is 14.5. The number of aliphatic hydroxyl groups is 1. The number of aliphatic hydroxyl groups excluding tert-OH is 1. The second-order valence-electron chi connectivity index (χ2n) is 19.4. The van der Waals surface area contributed by atoms with Crippen LogP contribution < -0.4 is 9.47 Å². The number of hydrogen-bond donors (Lipinski definition) is 4. The minimum atomic E-state index is -0.794. The van der Waals surface area contributed by atoms with E-state index in [4.69, 9.17) is 18.9 Å². The molecule has 9 unspecified atom stereocenters. The number of carbonyl (C=O) groups excluding carboxylic acids is 2. The van der Waals surface area contributed by atoms with Gasteiger partial charge in [-0.1, -0.05) is 84.9 Å². The van der Waals surface area contributed by atoms with Gasteiger partial charge in [0.25, 0.3) is 0 Å². The lowest BCUT2D eigenvalue weighted by molar-refractivity contribution is -0.170. The van der Waals surface area contributed by atoms with Crippen LogP contribution in [0.25, 0.3) is 32.7 Å². The topological polar surface area (TPSA) is 152 Å². The highest BCUT2D eigenvalue weighted by atomic mass is 16.6. The Bertz CT molecular complexity index is 3130. The van der Waals surface area contributed by atoms with Gasteiger partial charge in [-0.15, -0.1) is 0 Å². The van der Waals surface area contributed by atoms with E-state index in [-0.39, 0.29) is 53.8 Å². The van der Waals surface area contributed by atoms with E-state index in [1.807, 2.05) is 72.8 Å². The first-order valence-corrected chi connectivity index (χ1v) is 23.6. The van der Waals surface area contributed by atoms with Crippen LogP contribution in [-0.2, 0) is 43.7 Å². The summed E-state index contributed by atoms with van der Waals surface area (Å²) in [6, 6.07) is 41.3. The summed E-state index contributed by atoms with van der Waals surface area (Å²) in [7, 11) is 3.06. The first-order chi connectivity index (χ1) is 32.9. The van der Waals surface area contributed by atoms with Crippen molar-refractivity contribution in [3.05, 3.63) is 161 Å². The van der Waals surface area contributed by atoms with Gasteiger partial charge in [0.15, 0.2) is 23.0 Å². The van der Waals surface area contributed by atoms with Crippen molar-refractivity contribution in [2.24, 2.45) is 17.8 Å². The summed E-state index contributed by atoms with van der Waals surface area (Å²) in [4.78, 5) is 28.0. The minimum absolute atomic E-state index is 0.00998. The summed E-state index contributed by atoms with van der Waals surface area (Å²) >= 11 is 0.